The minimum absolute atomic E-state index is 0. The van der Waals surface area contributed by atoms with Crippen LogP contribution in [0.3, 0.4) is 0 Å². The molecular weight excluding hydrogens is 370 g/mol. The average molecular weight is 393 g/mol. The number of nitro benzene ring substituents is 1. The largest absolute Gasteiger partial charge is 0.317 e. The molecule has 1 heterocycles. The van der Waals surface area contributed by atoms with Crippen molar-refractivity contribution in [2.24, 2.45) is 0 Å². The lowest BCUT2D eigenvalue weighted by molar-refractivity contribution is -0.385. The fraction of sp³-hybridized carbons (Fsp3) is 0.600. The predicted molar refractivity (Wildman–Crippen MR) is 94.6 cm³/mol. The van der Waals surface area contributed by atoms with Crippen molar-refractivity contribution in [1.82, 2.24) is 10.2 Å². The molecule has 1 aliphatic rings. The molecule has 124 valence electrons. The van der Waals surface area contributed by atoms with Crippen molar-refractivity contribution in [1.29, 1.82) is 0 Å². The zero-order valence-electron chi connectivity index (χ0n) is 12.8. The number of piperidine rings is 1. The predicted octanol–water partition coefficient (Wildman–Crippen LogP) is 3.74. The minimum atomic E-state index is -0.331. The molecule has 0 aromatic heterocycles. The molecule has 0 saturated carbocycles. The maximum Gasteiger partial charge on any atom is 0.283 e. The van der Waals surface area contributed by atoms with Crippen LogP contribution in [0.15, 0.2) is 22.7 Å². The van der Waals surface area contributed by atoms with Gasteiger partial charge in [-0.15, -0.1) is 12.4 Å². The molecule has 0 bridgehead atoms. The quantitative estimate of drug-likeness (QED) is 0.592. The van der Waals surface area contributed by atoms with Crippen LogP contribution in [0.5, 0.6) is 0 Å². The third-order valence-corrected chi connectivity index (χ3v) is 4.60. The molecule has 1 fully saturated rings. The third kappa shape index (κ3) is 5.19. The first kappa shape index (κ1) is 19.4. The van der Waals surface area contributed by atoms with Crippen LogP contribution in [0.4, 0.5) is 5.69 Å². The van der Waals surface area contributed by atoms with E-state index in [-0.39, 0.29) is 23.0 Å². The van der Waals surface area contributed by atoms with Crippen molar-refractivity contribution < 1.29 is 4.92 Å². The van der Waals surface area contributed by atoms with Gasteiger partial charge in [0.05, 0.1) is 9.40 Å². The molecule has 22 heavy (non-hydrogen) atoms. The maximum absolute atomic E-state index is 11.0. The van der Waals surface area contributed by atoms with Crippen LogP contribution in [-0.4, -0.2) is 35.5 Å². The zero-order chi connectivity index (χ0) is 15.2. The van der Waals surface area contributed by atoms with E-state index in [0.29, 0.717) is 10.5 Å². The molecule has 1 aliphatic heterocycles. The highest BCUT2D eigenvalue weighted by Crippen LogP contribution is 2.27. The summed E-state index contributed by atoms with van der Waals surface area (Å²) in [5.41, 5.74) is 1.16. The van der Waals surface area contributed by atoms with Crippen LogP contribution < -0.4 is 5.32 Å². The van der Waals surface area contributed by atoms with Gasteiger partial charge in [-0.25, -0.2) is 0 Å². The Morgan fingerprint density at radius 2 is 2.09 bits per heavy atom. The fourth-order valence-electron chi connectivity index (χ4n) is 2.88. The number of hydrogen-bond acceptors (Lipinski definition) is 4. The smallest absolute Gasteiger partial charge is 0.283 e. The molecule has 1 aromatic rings. The number of rotatable bonds is 6. The summed E-state index contributed by atoms with van der Waals surface area (Å²) >= 11 is 3.24. The lowest BCUT2D eigenvalue weighted by Crippen LogP contribution is -2.43. The second kappa shape index (κ2) is 9.45. The van der Waals surface area contributed by atoms with Gasteiger partial charge in [0.2, 0.25) is 0 Å². The first-order valence-electron chi connectivity index (χ1n) is 7.49. The summed E-state index contributed by atoms with van der Waals surface area (Å²) in [5, 5.41) is 14.4. The van der Waals surface area contributed by atoms with Crippen molar-refractivity contribution in [3.63, 3.8) is 0 Å². The van der Waals surface area contributed by atoms with E-state index >= 15 is 0 Å². The highest BCUT2D eigenvalue weighted by Gasteiger charge is 2.21. The van der Waals surface area contributed by atoms with Gasteiger partial charge in [-0.3, -0.25) is 15.0 Å². The molecule has 0 spiro atoms. The number of hydrogen-bond donors (Lipinski definition) is 1. The Morgan fingerprint density at radius 3 is 2.68 bits per heavy atom. The van der Waals surface area contributed by atoms with E-state index < -0.39 is 0 Å². The number of nitrogens with zero attached hydrogens (tertiary/aromatic N) is 2. The second-order valence-corrected chi connectivity index (χ2v) is 6.35. The number of nitro groups is 1. The van der Waals surface area contributed by atoms with E-state index in [4.69, 9.17) is 0 Å². The first-order valence-corrected chi connectivity index (χ1v) is 8.28. The summed E-state index contributed by atoms with van der Waals surface area (Å²) < 4.78 is 0.542. The van der Waals surface area contributed by atoms with Crippen LogP contribution in [0, 0.1) is 10.1 Å². The number of nitrogens with one attached hydrogen (secondary N) is 1. The molecule has 0 radical (unpaired) electrons. The van der Waals surface area contributed by atoms with Gasteiger partial charge in [-0.05, 0) is 66.5 Å². The molecular formula is C15H23BrClN3O2. The van der Waals surface area contributed by atoms with Crippen LogP contribution >= 0.6 is 28.3 Å². The molecule has 2 rings (SSSR count). The van der Waals surface area contributed by atoms with Crippen molar-refractivity contribution in [3.8, 4) is 0 Å². The highest BCUT2D eigenvalue weighted by molar-refractivity contribution is 9.10. The van der Waals surface area contributed by atoms with E-state index in [9.17, 15) is 10.1 Å². The van der Waals surface area contributed by atoms with Crippen LogP contribution in [0.2, 0.25) is 0 Å². The Kier molecular flexibility index (Phi) is 8.31. The summed E-state index contributed by atoms with van der Waals surface area (Å²) in [6.07, 6.45) is 3.40. The third-order valence-electron chi connectivity index (χ3n) is 3.93. The van der Waals surface area contributed by atoms with E-state index in [0.717, 1.165) is 51.0 Å². The fourth-order valence-corrected chi connectivity index (χ4v) is 3.27. The average Bonchev–Trinajstić information content (AvgIpc) is 2.49. The van der Waals surface area contributed by atoms with Gasteiger partial charge >= 0.3 is 0 Å². The molecule has 0 amide bonds. The van der Waals surface area contributed by atoms with E-state index in [2.05, 4.69) is 33.1 Å². The summed E-state index contributed by atoms with van der Waals surface area (Å²) in [7, 11) is 0. The SMILES string of the molecule is CCCN(Cc1ccc(Br)c([N+](=O)[O-])c1)C1CCNCC1.Cl. The molecule has 7 heteroatoms. The van der Waals surface area contributed by atoms with Gasteiger partial charge in [-0.1, -0.05) is 13.0 Å². The van der Waals surface area contributed by atoms with Crippen molar-refractivity contribution in [2.45, 2.75) is 38.8 Å². The lowest BCUT2D eigenvalue weighted by Gasteiger charge is -2.34. The maximum atomic E-state index is 11.0. The van der Waals surface area contributed by atoms with Crippen LogP contribution in [-0.2, 0) is 6.54 Å². The van der Waals surface area contributed by atoms with Gasteiger partial charge in [-0.2, -0.15) is 0 Å². The number of halogens is 2. The number of benzene rings is 1. The molecule has 1 N–H and O–H groups in total. The second-order valence-electron chi connectivity index (χ2n) is 5.49. The summed E-state index contributed by atoms with van der Waals surface area (Å²) in [4.78, 5) is 13.2. The standard InChI is InChI=1S/C15H22BrN3O2.ClH/c1-2-9-18(13-5-7-17-8-6-13)11-12-3-4-14(16)15(10-12)19(20)21;/h3-4,10,13,17H,2,5-9,11H2,1H3;1H. The van der Waals surface area contributed by atoms with Crippen molar-refractivity contribution in [3.05, 3.63) is 38.3 Å². The Morgan fingerprint density at radius 1 is 1.41 bits per heavy atom. The summed E-state index contributed by atoms with van der Waals surface area (Å²) in [6, 6.07) is 6.02. The molecule has 0 aliphatic carbocycles. The normalized spacial score (nSPS) is 15.6. The van der Waals surface area contributed by atoms with Crippen molar-refractivity contribution in [2.75, 3.05) is 19.6 Å². The van der Waals surface area contributed by atoms with E-state index in [1.165, 1.54) is 0 Å². The Labute approximate surface area is 146 Å². The highest BCUT2D eigenvalue weighted by atomic mass is 79.9. The molecule has 5 nitrogen and oxygen atoms in total. The molecule has 0 unspecified atom stereocenters. The summed E-state index contributed by atoms with van der Waals surface area (Å²) in [5.74, 6) is 0. The Hall–Kier alpha value is -0.690. The van der Waals surface area contributed by atoms with Crippen LogP contribution in [0.25, 0.3) is 0 Å². The van der Waals surface area contributed by atoms with Crippen molar-refractivity contribution >= 4 is 34.0 Å². The monoisotopic (exact) mass is 391 g/mol. The first-order chi connectivity index (χ1) is 10.1. The molecule has 1 saturated heterocycles. The Bertz CT molecular complexity index is 496. The topological polar surface area (TPSA) is 58.4 Å². The Balaban J connectivity index is 0.00000242. The lowest BCUT2D eigenvalue weighted by atomic mass is 10.0. The minimum Gasteiger partial charge on any atom is -0.317 e. The van der Waals surface area contributed by atoms with Gasteiger partial charge in [0.1, 0.15) is 0 Å². The van der Waals surface area contributed by atoms with E-state index in [1.807, 2.05) is 6.07 Å². The van der Waals surface area contributed by atoms with Crippen LogP contribution in [0.1, 0.15) is 31.7 Å². The zero-order valence-corrected chi connectivity index (χ0v) is 15.2. The van der Waals surface area contributed by atoms with Gasteiger partial charge in [0, 0.05) is 18.7 Å². The van der Waals surface area contributed by atoms with Gasteiger partial charge in [0.15, 0.2) is 0 Å². The summed E-state index contributed by atoms with van der Waals surface area (Å²) in [6.45, 7) is 6.12. The molecule has 0 atom stereocenters. The van der Waals surface area contributed by atoms with E-state index in [1.54, 1.807) is 12.1 Å². The molecule has 1 aromatic carbocycles. The van der Waals surface area contributed by atoms with Gasteiger partial charge in [0.25, 0.3) is 5.69 Å². The van der Waals surface area contributed by atoms with Gasteiger partial charge < -0.3 is 5.32 Å².